The quantitative estimate of drug-likeness (QED) is 0.536. The predicted octanol–water partition coefficient (Wildman–Crippen LogP) is 3.75. The number of aliphatic hydroxyl groups is 1. The maximum absolute atomic E-state index is 9.98. The first-order chi connectivity index (χ1) is 9.69. The van der Waals surface area contributed by atoms with E-state index >= 15 is 0 Å². The van der Waals surface area contributed by atoms with Crippen LogP contribution in [0.4, 0.5) is 0 Å². The highest BCUT2D eigenvalue weighted by atomic mass is 32.1. The molecule has 0 spiro atoms. The molecule has 2 nitrogen and oxygen atoms in total. The summed E-state index contributed by atoms with van der Waals surface area (Å²) in [7, 11) is 0. The molecule has 0 fully saturated rings. The lowest BCUT2D eigenvalue weighted by atomic mass is 10.0. The van der Waals surface area contributed by atoms with Crippen molar-refractivity contribution in [2.75, 3.05) is 0 Å². The van der Waals surface area contributed by atoms with Crippen LogP contribution < -0.4 is 0 Å². The van der Waals surface area contributed by atoms with Gasteiger partial charge in [-0.3, -0.25) is 0 Å². The number of hydrogen-bond acceptors (Lipinski definition) is 3. The van der Waals surface area contributed by atoms with Crippen LogP contribution >= 0.6 is 12.6 Å². The second kappa shape index (κ2) is 7.87. The highest BCUT2D eigenvalue weighted by Gasteiger charge is 2.23. The van der Waals surface area contributed by atoms with Crippen LogP contribution in [0.3, 0.4) is 0 Å². The van der Waals surface area contributed by atoms with Gasteiger partial charge in [-0.05, 0) is 31.2 Å². The summed E-state index contributed by atoms with van der Waals surface area (Å²) in [6.07, 6.45) is 5.52. The van der Waals surface area contributed by atoms with Gasteiger partial charge in [0.2, 0.25) is 0 Å². The first kappa shape index (κ1) is 15.6. The van der Waals surface area contributed by atoms with Crippen LogP contribution in [0, 0.1) is 0 Å². The largest absolute Gasteiger partial charge is 0.393 e. The third kappa shape index (κ3) is 5.31. The minimum absolute atomic E-state index is 0.227. The Hall–Kier alpha value is -0.770. The number of hydrogen-bond donors (Lipinski definition) is 2. The Morgan fingerprint density at radius 1 is 1.25 bits per heavy atom. The Balaban J connectivity index is 1.65. The molecule has 1 aliphatic carbocycles. The SMILES string of the molecule is CCC(CCC(O)CC1=CC1S)OCc1ccccc1. The molecule has 1 aromatic carbocycles. The van der Waals surface area contributed by atoms with E-state index in [1.54, 1.807) is 0 Å². The molecule has 2 rings (SSSR count). The summed E-state index contributed by atoms with van der Waals surface area (Å²) < 4.78 is 5.93. The Morgan fingerprint density at radius 2 is 1.95 bits per heavy atom. The van der Waals surface area contributed by atoms with E-state index in [1.807, 2.05) is 18.2 Å². The first-order valence-corrected chi connectivity index (χ1v) is 7.93. The molecule has 110 valence electrons. The molecule has 0 saturated carbocycles. The van der Waals surface area contributed by atoms with E-state index in [1.165, 1.54) is 11.1 Å². The van der Waals surface area contributed by atoms with Crippen LogP contribution in [0.1, 0.15) is 38.2 Å². The van der Waals surface area contributed by atoms with E-state index in [2.05, 4.69) is 37.8 Å². The van der Waals surface area contributed by atoms with Gasteiger partial charge in [-0.2, -0.15) is 12.6 Å². The van der Waals surface area contributed by atoms with Gasteiger partial charge in [-0.25, -0.2) is 0 Å². The molecule has 3 unspecified atom stereocenters. The Bertz CT molecular complexity index is 430. The zero-order chi connectivity index (χ0) is 14.4. The second-order valence-corrected chi connectivity index (χ2v) is 6.00. The zero-order valence-corrected chi connectivity index (χ0v) is 12.9. The average molecular weight is 292 g/mol. The molecule has 1 aromatic rings. The van der Waals surface area contributed by atoms with E-state index in [9.17, 15) is 5.11 Å². The van der Waals surface area contributed by atoms with Crippen molar-refractivity contribution in [1.29, 1.82) is 0 Å². The topological polar surface area (TPSA) is 29.5 Å². The Kier molecular flexibility index (Phi) is 6.14. The molecule has 0 radical (unpaired) electrons. The minimum atomic E-state index is -0.257. The fourth-order valence-corrected chi connectivity index (χ4v) is 2.59. The van der Waals surface area contributed by atoms with Crippen LogP contribution in [0.15, 0.2) is 42.0 Å². The van der Waals surface area contributed by atoms with Gasteiger partial charge in [0.05, 0.1) is 18.8 Å². The molecule has 0 aliphatic heterocycles. The number of ether oxygens (including phenoxy) is 1. The smallest absolute Gasteiger partial charge is 0.0720 e. The van der Waals surface area contributed by atoms with Crippen LogP contribution in [-0.2, 0) is 11.3 Å². The lowest BCUT2D eigenvalue weighted by Gasteiger charge is -2.18. The first-order valence-electron chi connectivity index (χ1n) is 7.41. The van der Waals surface area contributed by atoms with Gasteiger partial charge in [0.15, 0.2) is 0 Å². The summed E-state index contributed by atoms with van der Waals surface area (Å²) in [5, 5.41) is 10.3. The fourth-order valence-electron chi connectivity index (χ4n) is 2.29. The van der Waals surface area contributed by atoms with Gasteiger partial charge >= 0.3 is 0 Å². The van der Waals surface area contributed by atoms with Crippen LogP contribution in [-0.4, -0.2) is 22.6 Å². The normalized spacial score (nSPS) is 20.4. The molecule has 0 heterocycles. The number of rotatable bonds is 9. The summed E-state index contributed by atoms with van der Waals surface area (Å²) in [6.45, 7) is 2.79. The van der Waals surface area contributed by atoms with Crippen molar-refractivity contribution in [2.24, 2.45) is 0 Å². The lowest BCUT2D eigenvalue weighted by molar-refractivity contribution is 0.0218. The molecule has 0 aromatic heterocycles. The number of benzene rings is 1. The number of aliphatic hydroxyl groups excluding tert-OH is 1. The summed E-state index contributed by atoms with van der Waals surface area (Å²) in [6, 6.07) is 10.2. The molecule has 1 N–H and O–H groups in total. The van der Waals surface area contributed by atoms with Crippen molar-refractivity contribution in [3.05, 3.63) is 47.5 Å². The van der Waals surface area contributed by atoms with Crippen LogP contribution in [0.5, 0.6) is 0 Å². The monoisotopic (exact) mass is 292 g/mol. The maximum Gasteiger partial charge on any atom is 0.0720 e. The molecular weight excluding hydrogens is 268 g/mol. The minimum Gasteiger partial charge on any atom is -0.393 e. The molecule has 20 heavy (non-hydrogen) atoms. The molecular formula is C17H24O2S. The summed E-state index contributed by atoms with van der Waals surface area (Å²) in [5.41, 5.74) is 2.48. The highest BCUT2D eigenvalue weighted by molar-refractivity contribution is 7.81. The second-order valence-electron chi connectivity index (χ2n) is 5.45. The molecule has 1 aliphatic rings. The molecule has 0 saturated heterocycles. The van der Waals surface area contributed by atoms with Gasteiger partial charge in [0, 0.05) is 5.25 Å². The average Bonchev–Trinajstić information content (AvgIpc) is 3.15. The van der Waals surface area contributed by atoms with Crippen molar-refractivity contribution in [1.82, 2.24) is 0 Å². The van der Waals surface area contributed by atoms with Gasteiger partial charge in [0.1, 0.15) is 0 Å². The van der Waals surface area contributed by atoms with Crippen molar-refractivity contribution in [3.63, 3.8) is 0 Å². The van der Waals surface area contributed by atoms with Crippen LogP contribution in [0.25, 0.3) is 0 Å². The van der Waals surface area contributed by atoms with Crippen molar-refractivity contribution in [3.8, 4) is 0 Å². The molecule has 3 heteroatoms. The number of thiol groups is 1. The lowest BCUT2D eigenvalue weighted by Crippen LogP contribution is -2.16. The summed E-state index contributed by atoms with van der Waals surface area (Å²) in [5.74, 6) is 0. The molecule has 0 amide bonds. The molecule has 0 bridgehead atoms. The van der Waals surface area contributed by atoms with E-state index in [4.69, 9.17) is 4.74 Å². The summed E-state index contributed by atoms with van der Waals surface area (Å²) >= 11 is 4.32. The van der Waals surface area contributed by atoms with Crippen molar-refractivity contribution < 1.29 is 9.84 Å². The maximum atomic E-state index is 9.98. The van der Waals surface area contributed by atoms with Gasteiger partial charge in [0.25, 0.3) is 0 Å². The Labute approximate surface area is 127 Å². The fraction of sp³-hybridized carbons (Fsp3) is 0.529. The van der Waals surface area contributed by atoms with Gasteiger partial charge in [-0.15, -0.1) is 0 Å². The third-order valence-electron chi connectivity index (χ3n) is 3.72. The standard InChI is InChI=1S/C17H24O2S/c1-2-16(19-12-13-6-4-3-5-7-13)9-8-15(18)10-14-11-17(14)20/h3-7,11,15-18,20H,2,8-10,12H2,1H3. The Morgan fingerprint density at radius 3 is 2.55 bits per heavy atom. The molecule has 3 atom stereocenters. The third-order valence-corrected chi connectivity index (χ3v) is 4.20. The zero-order valence-electron chi connectivity index (χ0n) is 12.0. The van der Waals surface area contributed by atoms with E-state index in [0.29, 0.717) is 11.9 Å². The predicted molar refractivity (Wildman–Crippen MR) is 86.0 cm³/mol. The van der Waals surface area contributed by atoms with Gasteiger partial charge in [-0.1, -0.05) is 48.9 Å². The van der Waals surface area contributed by atoms with E-state index in [0.717, 1.165) is 25.7 Å². The summed E-state index contributed by atoms with van der Waals surface area (Å²) in [4.78, 5) is 0. The van der Waals surface area contributed by atoms with Crippen molar-refractivity contribution in [2.45, 2.75) is 56.7 Å². The van der Waals surface area contributed by atoms with Crippen LogP contribution in [0.2, 0.25) is 0 Å². The van der Waals surface area contributed by atoms with E-state index < -0.39 is 0 Å². The van der Waals surface area contributed by atoms with E-state index in [-0.39, 0.29) is 12.2 Å². The van der Waals surface area contributed by atoms with Crippen molar-refractivity contribution >= 4 is 12.6 Å². The van der Waals surface area contributed by atoms with Gasteiger partial charge < -0.3 is 9.84 Å². The highest BCUT2D eigenvalue weighted by Crippen LogP contribution is 2.31.